The lowest BCUT2D eigenvalue weighted by Crippen LogP contribution is -2.61. The maximum atomic E-state index is 7.58. The van der Waals surface area contributed by atoms with Gasteiger partial charge in [-0.15, -0.1) is 0 Å². The summed E-state index contributed by atoms with van der Waals surface area (Å²) in [7, 11) is 0. The molecule has 3 nitrogen and oxygen atoms in total. The van der Waals surface area contributed by atoms with Crippen LogP contribution in [0.5, 0.6) is 0 Å². The normalized spacial score (nSPS) is 16.2. The smallest absolute Gasteiger partial charge is 0.297 e. The lowest BCUT2D eigenvalue weighted by molar-refractivity contribution is 0.332. The second-order valence-corrected chi connectivity index (χ2v) is 24.6. The van der Waals surface area contributed by atoms with Gasteiger partial charge in [-0.1, -0.05) is 163 Å². The van der Waals surface area contributed by atoms with Gasteiger partial charge < -0.3 is 14.2 Å². The van der Waals surface area contributed by atoms with E-state index in [1.54, 1.807) is 0 Å². The molecule has 0 saturated carbocycles. The van der Waals surface area contributed by atoms with E-state index in [9.17, 15) is 0 Å². The van der Waals surface area contributed by atoms with Gasteiger partial charge in [0.25, 0.3) is 6.71 Å². The predicted octanol–water partition coefficient (Wildman–Crippen LogP) is 15.9. The van der Waals surface area contributed by atoms with Crippen molar-refractivity contribution in [3.63, 3.8) is 0 Å². The van der Waals surface area contributed by atoms with Crippen LogP contribution in [-0.4, -0.2) is 6.71 Å². The Balaban J connectivity index is 1.27. The first-order valence-corrected chi connectivity index (χ1v) is 24.8. The van der Waals surface area contributed by atoms with Crippen LogP contribution >= 0.6 is 0 Å². The van der Waals surface area contributed by atoms with Gasteiger partial charge in [0.1, 0.15) is 5.58 Å². The van der Waals surface area contributed by atoms with Crippen molar-refractivity contribution in [3.8, 4) is 11.1 Å². The fourth-order valence-electron chi connectivity index (χ4n) is 11.7. The summed E-state index contributed by atoms with van der Waals surface area (Å²) in [6.45, 7) is 32.8. The van der Waals surface area contributed by atoms with Crippen molar-refractivity contribution in [3.05, 3.63) is 161 Å². The van der Waals surface area contributed by atoms with Gasteiger partial charge in [0.05, 0.1) is 17.0 Å². The molecule has 8 aromatic rings. The Kier molecular flexibility index (Phi) is 9.43. The number of aryl methyl sites for hydroxylation is 1. The number of fused-ring (bicyclic) bond motifs is 8. The molecule has 0 spiro atoms. The van der Waals surface area contributed by atoms with Crippen LogP contribution in [0.25, 0.3) is 32.9 Å². The molecule has 7 aromatic carbocycles. The first-order valence-electron chi connectivity index (χ1n) is 24.8. The minimum absolute atomic E-state index is 0.0261. The van der Waals surface area contributed by atoms with E-state index < -0.39 is 0 Å². The Bertz CT molecular complexity index is 3320. The van der Waals surface area contributed by atoms with Gasteiger partial charge in [-0.25, -0.2) is 0 Å². The first-order chi connectivity index (χ1) is 31.5. The van der Waals surface area contributed by atoms with Gasteiger partial charge in [0.2, 0.25) is 0 Å². The Labute approximate surface area is 400 Å². The lowest BCUT2D eigenvalue weighted by Gasteiger charge is -2.44. The molecule has 4 heteroatoms. The summed E-state index contributed by atoms with van der Waals surface area (Å²) in [4.78, 5) is 5.17. The maximum Gasteiger partial charge on any atom is 0.297 e. The Morgan fingerprint density at radius 2 is 1.07 bits per heavy atom. The fraction of sp³-hybridized carbons (Fsp3) is 0.333. The summed E-state index contributed by atoms with van der Waals surface area (Å²) in [6, 6.07) is 49.4. The van der Waals surface area contributed by atoms with Crippen molar-refractivity contribution >= 4 is 79.2 Å². The van der Waals surface area contributed by atoms with Crippen LogP contribution < -0.4 is 26.4 Å². The molecule has 0 unspecified atom stereocenters. The molecule has 3 aliphatic rings. The highest BCUT2D eigenvalue weighted by Gasteiger charge is 2.48. The number of hydrogen-bond acceptors (Lipinski definition) is 3. The van der Waals surface area contributed by atoms with E-state index in [2.05, 4.69) is 234 Å². The lowest BCUT2D eigenvalue weighted by atomic mass is 9.35. The summed E-state index contributed by atoms with van der Waals surface area (Å²) >= 11 is 0. The highest BCUT2D eigenvalue weighted by atomic mass is 16.3. The monoisotopic (exact) mass is 879 g/mol. The number of anilines is 6. The molecule has 67 heavy (non-hydrogen) atoms. The summed E-state index contributed by atoms with van der Waals surface area (Å²) in [5.74, 6) is 0. The quantitative estimate of drug-likeness (QED) is 0.165. The maximum absolute atomic E-state index is 7.58. The van der Waals surface area contributed by atoms with Gasteiger partial charge in [-0.2, -0.15) is 0 Å². The van der Waals surface area contributed by atoms with Crippen LogP contribution in [0.3, 0.4) is 0 Å². The molecule has 2 aliphatic heterocycles. The van der Waals surface area contributed by atoms with Gasteiger partial charge in [-0.05, 0) is 162 Å². The number of hydrogen-bond donors (Lipinski definition) is 0. The topological polar surface area (TPSA) is 19.6 Å². The molecule has 1 aliphatic carbocycles. The number of rotatable bonds is 3. The summed E-state index contributed by atoms with van der Waals surface area (Å²) in [5, 5.41) is 3.70. The minimum atomic E-state index is -0.139. The van der Waals surface area contributed by atoms with E-state index >= 15 is 0 Å². The molecule has 0 fully saturated rings. The van der Waals surface area contributed by atoms with Crippen LogP contribution in [0.4, 0.5) is 34.1 Å². The van der Waals surface area contributed by atoms with E-state index in [4.69, 9.17) is 4.42 Å². The number of nitrogens with zero attached hydrogens (tertiary/aromatic N) is 2. The highest BCUT2D eigenvalue weighted by Crippen LogP contribution is 2.53. The Hall–Kier alpha value is -6.00. The summed E-state index contributed by atoms with van der Waals surface area (Å²) < 4.78 is 7.58. The van der Waals surface area contributed by atoms with Crippen molar-refractivity contribution in [2.75, 3.05) is 9.80 Å². The van der Waals surface area contributed by atoms with E-state index in [1.165, 1.54) is 100 Å². The van der Waals surface area contributed by atoms with E-state index in [-0.39, 0.29) is 33.8 Å². The summed E-state index contributed by atoms with van der Waals surface area (Å²) in [5.41, 5.74) is 22.2. The molecular weight excluding hydrogens is 812 g/mol. The largest absolute Gasteiger partial charge is 0.468 e. The van der Waals surface area contributed by atoms with Crippen molar-refractivity contribution < 1.29 is 4.42 Å². The van der Waals surface area contributed by atoms with Gasteiger partial charge in [0.15, 0.2) is 0 Å². The standard InChI is InChI=1S/C63H67BN2O/c1-38-32-53-56-54(33-38)66(51-28-24-41(60(5,6)7)34-46(51)45-21-17-19-39-18-15-16-20-44(39)45)52-29-25-42(61(8,9)10)35-50(52)64(56)58-57(65(53)43-26-22-40(23-27-43)59(2,3)4)47-36-48-49(37-55(47)67-58)63(13,14)31-30-62(48,11)12/h15-29,32-37H,30-31H2,1-14H3. The van der Waals surface area contributed by atoms with Crippen molar-refractivity contribution in [2.45, 2.75) is 137 Å². The van der Waals surface area contributed by atoms with Gasteiger partial charge in [0, 0.05) is 33.7 Å². The van der Waals surface area contributed by atoms with Gasteiger partial charge >= 0.3 is 0 Å². The highest BCUT2D eigenvalue weighted by molar-refractivity contribution is 7.00. The first kappa shape index (κ1) is 43.6. The van der Waals surface area contributed by atoms with Crippen molar-refractivity contribution in [1.82, 2.24) is 0 Å². The zero-order chi connectivity index (χ0) is 47.3. The van der Waals surface area contributed by atoms with Crippen LogP contribution in [0.1, 0.15) is 136 Å². The molecule has 0 amide bonds. The Morgan fingerprint density at radius 3 is 1.73 bits per heavy atom. The van der Waals surface area contributed by atoms with Crippen LogP contribution in [-0.2, 0) is 27.1 Å². The van der Waals surface area contributed by atoms with Crippen LogP contribution in [0.2, 0.25) is 0 Å². The molecule has 3 heterocycles. The third-order valence-corrected chi connectivity index (χ3v) is 15.8. The van der Waals surface area contributed by atoms with E-state index in [0.717, 1.165) is 29.8 Å². The number of benzene rings is 7. The average Bonchev–Trinajstić information content (AvgIpc) is 3.64. The molecular formula is C63H67BN2O. The second kappa shape index (κ2) is 14.5. The molecule has 11 rings (SSSR count). The second-order valence-electron chi connectivity index (χ2n) is 24.6. The zero-order valence-corrected chi connectivity index (χ0v) is 42.4. The predicted molar refractivity (Wildman–Crippen MR) is 289 cm³/mol. The minimum Gasteiger partial charge on any atom is -0.468 e. The van der Waals surface area contributed by atoms with Crippen LogP contribution in [0.15, 0.2) is 132 Å². The molecule has 0 atom stereocenters. The average molecular weight is 879 g/mol. The molecule has 0 saturated heterocycles. The summed E-state index contributed by atoms with van der Waals surface area (Å²) in [6.07, 6.45) is 2.30. The molecule has 0 N–H and O–H groups in total. The third kappa shape index (κ3) is 6.82. The third-order valence-electron chi connectivity index (χ3n) is 15.8. The van der Waals surface area contributed by atoms with E-state index in [0.29, 0.717) is 0 Å². The van der Waals surface area contributed by atoms with Crippen molar-refractivity contribution in [2.24, 2.45) is 0 Å². The SMILES string of the molecule is Cc1cc2c3c(c1)N(c1ccc(C(C)(C)C)cc1)c1c(oc4cc5c(cc14)C(C)(C)CCC5(C)C)B3c1cc(C(C)(C)C)ccc1N2c1ccc(C(C)(C)C)cc1-c1cccc2ccccc12. The molecule has 0 bridgehead atoms. The molecule has 1 aromatic heterocycles. The zero-order valence-electron chi connectivity index (χ0n) is 42.4. The fourth-order valence-corrected chi connectivity index (χ4v) is 11.7. The number of furan rings is 1. The molecule has 0 radical (unpaired) electrons. The Morgan fingerprint density at radius 1 is 0.507 bits per heavy atom. The van der Waals surface area contributed by atoms with Gasteiger partial charge in [-0.3, -0.25) is 0 Å². The van der Waals surface area contributed by atoms with Crippen LogP contribution in [0, 0.1) is 6.92 Å². The van der Waals surface area contributed by atoms with Crippen molar-refractivity contribution in [1.29, 1.82) is 0 Å². The van der Waals surface area contributed by atoms with E-state index in [1.807, 2.05) is 0 Å². The molecule has 338 valence electrons.